The van der Waals surface area contributed by atoms with Crippen molar-refractivity contribution in [2.45, 2.75) is 12.5 Å². The van der Waals surface area contributed by atoms with Crippen LogP contribution < -0.4 is 9.47 Å². The van der Waals surface area contributed by atoms with Gasteiger partial charge in [-0.25, -0.2) is 8.78 Å². The number of alkyl halides is 2. The zero-order valence-electron chi connectivity index (χ0n) is 11.7. The Balaban J connectivity index is 2.28. The number of hydrogen-bond acceptors (Lipinski definition) is 3. The van der Waals surface area contributed by atoms with E-state index in [1.54, 1.807) is 18.2 Å². The van der Waals surface area contributed by atoms with Crippen molar-refractivity contribution in [3.63, 3.8) is 0 Å². The highest BCUT2D eigenvalue weighted by Gasteiger charge is 2.15. The molecule has 5 heteroatoms. The Bertz CT molecular complexity index is 597. The van der Waals surface area contributed by atoms with Crippen LogP contribution in [0.5, 0.6) is 11.5 Å². The minimum absolute atomic E-state index is 0.0711. The van der Waals surface area contributed by atoms with Crippen LogP contribution in [0.3, 0.4) is 0 Å². The Kier molecular flexibility index (Phi) is 4.75. The molecule has 1 atom stereocenters. The van der Waals surface area contributed by atoms with E-state index >= 15 is 0 Å². The summed E-state index contributed by atoms with van der Waals surface area (Å²) in [6.07, 6.45) is -3.44. The van der Waals surface area contributed by atoms with Crippen molar-refractivity contribution in [1.82, 2.24) is 0 Å². The Morgan fingerprint density at radius 1 is 0.810 bits per heavy atom. The zero-order chi connectivity index (χ0) is 15.4. The molecular formula is C16H16F2O3. The molecule has 0 fully saturated rings. The molecule has 0 bridgehead atoms. The van der Waals surface area contributed by atoms with E-state index in [-0.39, 0.29) is 5.56 Å². The molecule has 0 aliphatic rings. The van der Waals surface area contributed by atoms with Gasteiger partial charge in [-0.2, -0.15) is 0 Å². The van der Waals surface area contributed by atoms with Crippen LogP contribution in [0.2, 0.25) is 0 Å². The molecule has 0 saturated carbocycles. The first-order chi connectivity index (χ1) is 10.1. The average molecular weight is 294 g/mol. The predicted molar refractivity (Wildman–Crippen MR) is 75.0 cm³/mol. The van der Waals surface area contributed by atoms with Crippen molar-refractivity contribution in [3.8, 4) is 11.5 Å². The van der Waals surface area contributed by atoms with E-state index in [9.17, 15) is 13.9 Å². The summed E-state index contributed by atoms with van der Waals surface area (Å²) in [4.78, 5) is 0. The number of aliphatic hydroxyl groups is 1. The van der Waals surface area contributed by atoms with Gasteiger partial charge < -0.3 is 14.6 Å². The Labute approximate surface area is 121 Å². The van der Waals surface area contributed by atoms with Gasteiger partial charge in [-0.3, -0.25) is 0 Å². The van der Waals surface area contributed by atoms with Gasteiger partial charge in [-0.05, 0) is 23.3 Å². The summed E-state index contributed by atoms with van der Waals surface area (Å²) in [7, 11) is 3.03. The second-order valence-electron chi connectivity index (χ2n) is 4.48. The summed E-state index contributed by atoms with van der Waals surface area (Å²) in [5, 5.41) is 10.3. The first kappa shape index (κ1) is 15.3. The van der Waals surface area contributed by atoms with Crippen molar-refractivity contribution in [3.05, 3.63) is 59.2 Å². The van der Waals surface area contributed by atoms with E-state index < -0.39 is 12.5 Å². The summed E-state index contributed by atoms with van der Waals surface area (Å²) in [6.45, 7) is 0. The molecule has 0 heterocycles. The minimum Gasteiger partial charge on any atom is -0.493 e. The molecule has 1 unspecified atom stereocenters. The third kappa shape index (κ3) is 3.31. The lowest BCUT2D eigenvalue weighted by Crippen LogP contribution is -2.01. The molecule has 3 nitrogen and oxygen atoms in total. The highest BCUT2D eigenvalue weighted by molar-refractivity contribution is 5.45. The second kappa shape index (κ2) is 6.54. The SMILES string of the molecule is COc1ccc(C(O)c2ccc(C(F)F)cc2)cc1OC. The lowest BCUT2D eigenvalue weighted by atomic mass is 10.00. The molecule has 2 rings (SSSR count). The molecule has 1 N–H and O–H groups in total. The third-order valence-corrected chi connectivity index (χ3v) is 3.23. The largest absolute Gasteiger partial charge is 0.493 e. The van der Waals surface area contributed by atoms with Crippen molar-refractivity contribution < 1.29 is 23.4 Å². The van der Waals surface area contributed by atoms with E-state index in [4.69, 9.17) is 9.47 Å². The number of rotatable bonds is 5. The van der Waals surface area contributed by atoms with E-state index in [1.807, 2.05) is 0 Å². The second-order valence-corrected chi connectivity index (χ2v) is 4.48. The van der Waals surface area contributed by atoms with Crippen LogP contribution in [0.25, 0.3) is 0 Å². The summed E-state index contributed by atoms with van der Waals surface area (Å²) >= 11 is 0. The predicted octanol–water partition coefficient (Wildman–Crippen LogP) is 3.72. The average Bonchev–Trinajstić information content (AvgIpc) is 2.53. The molecule has 112 valence electrons. The third-order valence-electron chi connectivity index (χ3n) is 3.23. The van der Waals surface area contributed by atoms with Crippen LogP contribution in [0.4, 0.5) is 8.78 Å². The van der Waals surface area contributed by atoms with Gasteiger partial charge in [0.25, 0.3) is 6.43 Å². The van der Waals surface area contributed by atoms with E-state index in [1.165, 1.54) is 38.5 Å². The van der Waals surface area contributed by atoms with Gasteiger partial charge in [0.1, 0.15) is 6.10 Å². The molecule has 0 aliphatic carbocycles. The van der Waals surface area contributed by atoms with Gasteiger partial charge in [0, 0.05) is 5.56 Å². The first-order valence-electron chi connectivity index (χ1n) is 6.34. The number of aliphatic hydroxyl groups excluding tert-OH is 1. The van der Waals surface area contributed by atoms with Gasteiger partial charge >= 0.3 is 0 Å². The van der Waals surface area contributed by atoms with Gasteiger partial charge in [-0.15, -0.1) is 0 Å². The molecule has 2 aromatic carbocycles. The lowest BCUT2D eigenvalue weighted by Gasteiger charge is -2.15. The van der Waals surface area contributed by atoms with Crippen LogP contribution in [0.15, 0.2) is 42.5 Å². The summed E-state index contributed by atoms with van der Waals surface area (Å²) in [5.41, 5.74) is 1.06. The molecule has 0 aromatic heterocycles. The Hall–Kier alpha value is -2.14. The smallest absolute Gasteiger partial charge is 0.263 e. The van der Waals surface area contributed by atoms with Crippen molar-refractivity contribution in [1.29, 1.82) is 0 Å². The number of methoxy groups -OCH3 is 2. The number of benzene rings is 2. The highest BCUT2D eigenvalue weighted by atomic mass is 19.3. The maximum Gasteiger partial charge on any atom is 0.263 e. The highest BCUT2D eigenvalue weighted by Crippen LogP contribution is 2.32. The van der Waals surface area contributed by atoms with Gasteiger partial charge in [0.05, 0.1) is 14.2 Å². The van der Waals surface area contributed by atoms with E-state index in [0.29, 0.717) is 22.6 Å². The summed E-state index contributed by atoms with van der Waals surface area (Å²) in [5.74, 6) is 1.06. The maximum atomic E-state index is 12.5. The first-order valence-corrected chi connectivity index (χ1v) is 6.34. The van der Waals surface area contributed by atoms with Gasteiger partial charge in [-0.1, -0.05) is 30.3 Å². The molecule has 0 amide bonds. The van der Waals surface area contributed by atoms with Crippen molar-refractivity contribution in [2.24, 2.45) is 0 Å². The molecule has 0 saturated heterocycles. The molecule has 0 aliphatic heterocycles. The maximum absolute atomic E-state index is 12.5. The molecule has 21 heavy (non-hydrogen) atoms. The number of ether oxygens (including phenoxy) is 2. The monoisotopic (exact) mass is 294 g/mol. The quantitative estimate of drug-likeness (QED) is 0.913. The van der Waals surface area contributed by atoms with Crippen LogP contribution in [0.1, 0.15) is 29.2 Å². The fourth-order valence-corrected chi connectivity index (χ4v) is 2.04. The summed E-state index contributed by atoms with van der Waals surface area (Å²) in [6, 6.07) is 10.6. The Morgan fingerprint density at radius 3 is 1.86 bits per heavy atom. The lowest BCUT2D eigenvalue weighted by molar-refractivity contribution is 0.151. The standard InChI is InChI=1S/C16H16F2O3/c1-20-13-8-7-12(9-14(13)21-2)15(19)10-3-5-11(6-4-10)16(17)18/h3-9,15-16,19H,1-2H3. The topological polar surface area (TPSA) is 38.7 Å². The van der Waals surface area contributed by atoms with Crippen LogP contribution >= 0.6 is 0 Å². The minimum atomic E-state index is -2.52. The summed E-state index contributed by atoms with van der Waals surface area (Å²) < 4.78 is 35.3. The molecule has 0 radical (unpaired) electrons. The molecule has 2 aromatic rings. The molecular weight excluding hydrogens is 278 g/mol. The van der Waals surface area contributed by atoms with Gasteiger partial charge in [0.15, 0.2) is 11.5 Å². The normalized spacial score (nSPS) is 12.3. The Morgan fingerprint density at radius 2 is 1.33 bits per heavy atom. The zero-order valence-corrected chi connectivity index (χ0v) is 11.7. The number of hydrogen-bond donors (Lipinski definition) is 1. The fourth-order valence-electron chi connectivity index (χ4n) is 2.04. The van der Waals surface area contributed by atoms with Crippen molar-refractivity contribution in [2.75, 3.05) is 14.2 Å². The van der Waals surface area contributed by atoms with Crippen LogP contribution in [-0.4, -0.2) is 19.3 Å². The fraction of sp³-hybridized carbons (Fsp3) is 0.250. The van der Waals surface area contributed by atoms with E-state index in [2.05, 4.69) is 0 Å². The van der Waals surface area contributed by atoms with Crippen molar-refractivity contribution >= 4 is 0 Å². The van der Waals surface area contributed by atoms with E-state index in [0.717, 1.165) is 0 Å². The van der Waals surface area contributed by atoms with Crippen LogP contribution in [0, 0.1) is 0 Å². The van der Waals surface area contributed by atoms with Gasteiger partial charge in [0.2, 0.25) is 0 Å². The molecule has 0 spiro atoms. The number of halogens is 2. The van der Waals surface area contributed by atoms with Crippen LogP contribution in [-0.2, 0) is 0 Å².